The zero-order valence-electron chi connectivity index (χ0n) is 4.22. The second-order valence-corrected chi connectivity index (χ2v) is 0.102. The number of carbonyl (C=O) groups excluding carboxylic acids is 1. The third-order valence-electron chi connectivity index (χ3n) is 0. The fraction of sp³-hybridized carbons (Fsp3) is 0. The van der Waals surface area contributed by atoms with Crippen LogP contribution in [0.4, 0.5) is 0 Å². The number of isocyanates is 1. The molecule has 0 fully saturated rings. The van der Waals surface area contributed by atoms with Crippen molar-refractivity contribution in [1.82, 2.24) is 0 Å². The molecule has 0 aromatic carbocycles. The number of nitrogens with one attached hydrogen (secondary N) is 1. The van der Waals surface area contributed by atoms with Crippen LogP contribution in [-0.4, -0.2) is 6.08 Å². The molecule has 0 saturated carbocycles. The predicted octanol–water partition coefficient (Wildman–Crippen LogP) is -2.14. The van der Waals surface area contributed by atoms with Crippen molar-refractivity contribution in [3.8, 4) is 0 Å². The summed E-state index contributed by atoms with van der Waals surface area (Å²) in [7, 11) is 0. The van der Waals surface area contributed by atoms with Crippen LogP contribution < -0.4 is 29.6 Å². The minimum absolute atomic E-state index is 0. The summed E-state index contributed by atoms with van der Waals surface area (Å²) in [6, 6.07) is 0. The Balaban J connectivity index is -0.00000000333. The van der Waals surface area contributed by atoms with Crippen LogP contribution in [0, 0.1) is 5.41 Å². The maximum Gasteiger partial charge on any atom is 1.00 e. The molecule has 0 aromatic rings. The smallest absolute Gasteiger partial charge is 1.00 e. The molecule has 0 bridgehead atoms. The Labute approximate surface area is 71.8 Å². The maximum atomic E-state index is 8.35. The normalized spacial score (nSPS) is 1.33. The minimum atomic E-state index is 0. The van der Waals surface area contributed by atoms with Gasteiger partial charge in [0.1, 0.15) is 0 Å². The van der Waals surface area contributed by atoms with Crippen LogP contribution >= 0.6 is 24.8 Å². The van der Waals surface area contributed by atoms with Crippen molar-refractivity contribution in [2.24, 2.45) is 0 Å². The number of hydrogen-bond acceptors (Lipinski definition) is 2. The summed E-state index contributed by atoms with van der Waals surface area (Å²) in [5, 5.41) is 5.40. The molecule has 0 rings (SSSR count). The van der Waals surface area contributed by atoms with E-state index < -0.39 is 0 Å². The molecule has 2 nitrogen and oxygen atoms in total. The fourth-order valence-electron chi connectivity index (χ4n) is 0. The van der Waals surface area contributed by atoms with Crippen LogP contribution in [0.2, 0.25) is 0 Å². The first kappa shape index (κ1) is 28.2. The third kappa shape index (κ3) is 84.4. The van der Waals surface area contributed by atoms with Crippen molar-refractivity contribution in [3.63, 3.8) is 0 Å². The Morgan fingerprint density at radius 3 is 1.50 bits per heavy atom. The van der Waals surface area contributed by atoms with E-state index in [0.717, 1.165) is 6.08 Å². The molecule has 0 aliphatic carbocycles. The van der Waals surface area contributed by atoms with Gasteiger partial charge in [-0.1, -0.05) is 0 Å². The largest absolute Gasteiger partial charge is 1.00 e. The third-order valence-corrected chi connectivity index (χ3v) is 0. The fourth-order valence-corrected chi connectivity index (χ4v) is 0. The topological polar surface area (TPSA) is 40.9 Å². The molecule has 34 valence electrons. The van der Waals surface area contributed by atoms with E-state index in [1.54, 1.807) is 0 Å². The first-order valence-electron chi connectivity index (χ1n) is 0.454. The number of hydrogen-bond donors (Lipinski definition) is 1. The first-order chi connectivity index (χ1) is 1.41. The molecule has 0 atom stereocenters. The Bertz CT molecular complexity index is 38.7. The molecule has 0 aromatic heterocycles. The van der Waals surface area contributed by atoms with Gasteiger partial charge in [-0.2, -0.15) is 0 Å². The molecule has 0 heterocycles. The molecule has 0 unspecified atom stereocenters. The number of halogens is 2. The van der Waals surface area contributed by atoms with Crippen molar-refractivity contribution < 1.29 is 35.8 Å². The Morgan fingerprint density at radius 1 is 1.50 bits per heavy atom. The Kier molecular flexibility index (Phi) is 180. The standard InChI is InChI=1S/CHNO.2ClH.Na.H/c2-1-3;;;;/h2H;2*1H;;/q;;;+1;-1. The van der Waals surface area contributed by atoms with Crippen molar-refractivity contribution in [2.75, 3.05) is 0 Å². The van der Waals surface area contributed by atoms with Crippen molar-refractivity contribution >= 4 is 30.9 Å². The zero-order chi connectivity index (χ0) is 2.71. The van der Waals surface area contributed by atoms with Gasteiger partial charge in [-0.3, -0.25) is 0 Å². The summed E-state index contributed by atoms with van der Waals surface area (Å²) in [5.74, 6) is 0. The Morgan fingerprint density at radius 2 is 1.50 bits per heavy atom. The van der Waals surface area contributed by atoms with Crippen LogP contribution in [0.1, 0.15) is 1.43 Å². The summed E-state index contributed by atoms with van der Waals surface area (Å²) in [4.78, 5) is 8.35. The van der Waals surface area contributed by atoms with E-state index in [9.17, 15) is 0 Å². The van der Waals surface area contributed by atoms with E-state index in [1.165, 1.54) is 0 Å². The van der Waals surface area contributed by atoms with Crippen LogP contribution in [0.25, 0.3) is 0 Å². The van der Waals surface area contributed by atoms with Gasteiger partial charge in [0.05, 0.1) is 0 Å². The van der Waals surface area contributed by atoms with E-state index >= 15 is 0 Å². The Hall–Kier alpha value is 0.960. The molecule has 5 heteroatoms. The van der Waals surface area contributed by atoms with Gasteiger partial charge in [0.25, 0.3) is 0 Å². The monoisotopic (exact) mass is 139 g/mol. The molecule has 0 amide bonds. The molecule has 0 radical (unpaired) electrons. The van der Waals surface area contributed by atoms with E-state index in [4.69, 9.17) is 10.2 Å². The molecular weight excluding hydrogens is 136 g/mol. The minimum Gasteiger partial charge on any atom is -1.00 e. The second kappa shape index (κ2) is 38.2. The molecular formula is CH4Cl2NNaO. The van der Waals surface area contributed by atoms with Crippen LogP contribution in [0.3, 0.4) is 0 Å². The van der Waals surface area contributed by atoms with Crippen LogP contribution in [0.5, 0.6) is 0 Å². The van der Waals surface area contributed by atoms with Gasteiger partial charge in [0.2, 0.25) is 6.08 Å². The van der Waals surface area contributed by atoms with Gasteiger partial charge < -0.3 is 1.43 Å². The van der Waals surface area contributed by atoms with Crippen LogP contribution in [-0.2, 0) is 4.79 Å². The first-order valence-corrected chi connectivity index (χ1v) is 0.454. The van der Waals surface area contributed by atoms with Crippen LogP contribution in [0.15, 0.2) is 0 Å². The molecule has 1 N–H and O–H groups in total. The van der Waals surface area contributed by atoms with E-state index in [1.807, 2.05) is 0 Å². The molecule has 0 aliphatic rings. The zero-order valence-corrected chi connectivity index (χ0v) is 6.86. The van der Waals surface area contributed by atoms with Gasteiger partial charge in [0.15, 0.2) is 0 Å². The quantitative estimate of drug-likeness (QED) is 0.233. The molecule has 0 spiro atoms. The van der Waals surface area contributed by atoms with Gasteiger partial charge in [-0.25, -0.2) is 10.2 Å². The average Bonchev–Trinajstić information content (AvgIpc) is 0.918. The summed E-state index contributed by atoms with van der Waals surface area (Å²) in [6.45, 7) is 0. The van der Waals surface area contributed by atoms with E-state index in [0.29, 0.717) is 0 Å². The van der Waals surface area contributed by atoms with Crippen molar-refractivity contribution in [3.05, 3.63) is 0 Å². The molecule has 6 heavy (non-hydrogen) atoms. The van der Waals surface area contributed by atoms with Gasteiger partial charge in [-0.05, 0) is 0 Å². The van der Waals surface area contributed by atoms with Gasteiger partial charge in [-0.15, -0.1) is 24.8 Å². The molecule has 0 aliphatic heterocycles. The maximum absolute atomic E-state index is 8.35. The van der Waals surface area contributed by atoms with Gasteiger partial charge >= 0.3 is 29.6 Å². The summed E-state index contributed by atoms with van der Waals surface area (Å²) in [6.07, 6.45) is 0.750. The van der Waals surface area contributed by atoms with E-state index in [2.05, 4.69) is 0 Å². The number of rotatable bonds is 0. The SMILES string of the molecule is Cl.Cl.N=C=O.[H-].[Na+]. The average molecular weight is 140 g/mol. The van der Waals surface area contributed by atoms with Gasteiger partial charge in [0, 0.05) is 0 Å². The predicted molar refractivity (Wildman–Crippen MR) is 24.0 cm³/mol. The van der Waals surface area contributed by atoms with Crippen molar-refractivity contribution in [2.45, 2.75) is 0 Å². The summed E-state index contributed by atoms with van der Waals surface area (Å²) >= 11 is 0. The second-order valence-electron chi connectivity index (χ2n) is 0.102. The molecule has 0 saturated heterocycles. The van der Waals surface area contributed by atoms with E-state index in [-0.39, 0.29) is 55.8 Å². The van der Waals surface area contributed by atoms with Crippen molar-refractivity contribution in [1.29, 1.82) is 5.41 Å². The summed E-state index contributed by atoms with van der Waals surface area (Å²) in [5.41, 5.74) is 0. The summed E-state index contributed by atoms with van der Waals surface area (Å²) < 4.78 is 0.